The predicted octanol–water partition coefficient (Wildman–Crippen LogP) is 3.50. The number of aliphatic hydroxyl groups is 4. The highest BCUT2D eigenvalue weighted by molar-refractivity contribution is 4.69. The van der Waals surface area contributed by atoms with E-state index < -0.39 is 5.79 Å². The second-order valence-electron chi connectivity index (χ2n) is 6.53. The van der Waals surface area contributed by atoms with Crippen LogP contribution < -0.4 is 0 Å². The summed E-state index contributed by atoms with van der Waals surface area (Å²) in [6.07, 6.45) is 16.4. The van der Waals surface area contributed by atoms with Crippen molar-refractivity contribution in [3.05, 3.63) is 0 Å². The fourth-order valence-corrected chi connectivity index (χ4v) is 2.76. The van der Waals surface area contributed by atoms with E-state index in [9.17, 15) is 0 Å². The van der Waals surface area contributed by atoms with Crippen LogP contribution in [0.4, 0.5) is 0 Å². The highest BCUT2D eigenvalue weighted by atomic mass is 16.5. The van der Waals surface area contributed by atoms with Gasteiger partial charge in [0.05, 0.1) is 0 Å². The molecule has 0 aromatic carbocycles. The Kier molecular flexibility index (Phi) is 15.6. The molecule has 1 aliphatic carbocycles. The first kappa shape index (κ1) is 21.8. The molecule has 0 atom stereocenters. The van der Waals surface area contributed by atoms with E-state index in [0.29, 0.717) is 26.1 Å². The van der Waals surface area contributed by atoms with E-state index in [4.69, 9.17) is 20.4 Å². The summed E-state index contributed by atoms with van der Waals surface area (Å²) >= 11 is 0. The zero-order chi connectivity index (χ0) is 16.5. The fourth-order valence-electron chi connectivity index (χ4n) is 2.76. The van der Waals surface area contributed by atoms with Gasteiger partial charge in [-0.3, -0.25) is 0 Å². The van der Waals surface area contributed by atoms with Crippen molar-refractivity contribution in [1.82, 2.24) is 0 Å². The van der Waals surface area contributed by atoms with Crippen LogP contribution in [-0.2, 0) is 0 Å². The molecule has 1 saturated carbocycles. The van der Waals surface area contributed by atoms with Crippen molar-refractivity contribution >= 4 is 0 Å². The predicted molar refractivity (Wildman–Crippen MR) is 90.6 cm³/mol. The lowest BCUT2D eigenvalue weighted by atomic mass is 9.95. The molecule has 4 nitrogen and oxygen atoms in total. The summed E-state index contributed by atoms with van der Waals surface area (Å²) in [5.41, 5.74) is 0. The third kappa shape index (κ3) is 16.2. The Morgan fingerprint density at radius 3 is 1.05 bits per heavy atom. The smallest absolute Gasteiger partial charge is 0.162 e. The van der Waals surface area contributed by atoms with Gasteiger partial charge in [-0.05, 0) is 25.7 Å². The Bertz CT molecular complexity index is 199. The molecule has 0 saturated heterocycles. The highest BCUT2D eigenvalue weighted by Gasteiger charge is 2.24. The van der Waals surface area contributed by atoms with Gasteiger partial charge in [0.15, 0.2) is 5.79 Å². The molecule has 0 aromatic heterocycles. The first-order valence-electron chi connectivity index (χ1n) is 9.29. The van der Waals surface area contributed by atoms with Crippen LogP contribution in [0.15, 0.2) is 0 Å². The topological polar surface area (TPSA) is 80.9 Å². The molecule has 1 rings (SSSR count). The number of hydrogen-bond donors (Lipinski definition) is 4. The second kappa shape index (κ2) is 15.7. The molecule has 134 valence electrons. The lowest BCUT2D eigenvalue weighted by Crippen LogP contribution is -2.30. The minimum atomic E-state index is -1.32. The molecular weight excluding hydrogens is 280 g/mol. The molecular formula is C18H38O4. The third-order valence-corrected chi connectivity index (χ3v) is 4.22. The summed E-state index contributed by atoms with van der Waals surface area (Å²) in [5, 5.41) is 35.0. The Labute approximate surface area is 136 Å². The molecule has 0 unspecified atom stereocenters. The van der Waals surface area contributed by atoms with Gasteiger partial charge >= 0.3 is 0 Å². The summed E-state index contributed by atoms with van der Waals surface area (Å²) in [6, 6.07) is 0. The maximum absolute atomic E-state index is 8.93. The lowest BCUT2D eigenvalue weighted by Gasteiger charge is -2.25. The largest absolute Gasteiger partial charge is 0.396 e. The zero-order valence-electron chi connectivity index (χ0n) is 14.3. The van der Waals surface area contributed by atoms with Crippen LogP contribution in [-0.4, -0.2) is 39.4 Å². The summed E-state index contributed by atoms with van der Waals surface area (Å²) in [6.45, 7) is 0.697. The summed E-state index contributed by atoms with van der Waals surface area (Å²) in [4.78, 5) is 0. The monoisotopic (exact) mass is 318 g/mol. The van der Waals surface area contributed by atoms with Crippen LogP contribution >= 0.6 is 0 Å². The number of hydrogen-bond acceptors (Lipinski definition) is 4. The molecule has 0 amide bonds. The van der Waals surface area contributed by atoms with Crippen LogP contribution in [0.1, 0.15) is 96.3 Å². The van der Waals surface area contributed by atoms with Gasteiger partial charge in [-0.15, -0.1) is 0 Å². The van der Waals surface area contributed by atoms with E-state index in [1.165, 1.54) is 51.4 Å². The van der Waals surface area contributed by atoms with Crippen molar-refractivity contribution in [3.8, 4) is 0 Å². The Hall–Kier alpha value is -0.160. The van der Waals surface area contributed by atoms with Crippen molar-refractivity contribution in [2.24, 2.45) is 0 Å². The van der Waals surface area contributed by atoms with Crippen molar-refractivity contribution in [3.63, 3.8) is 0 Å². The SMILES string of the molecule is OC1(O)CCCCC1.OCCCCCCCCCCCCO. The van der Waals surface area contributed by atoms with Crippen molar-refractivity contribution in [1.29, 1.82) is 0 Å². The molecule has 0 radical (unpaired) electrons. The van der Waals surface area contributed by atoms with Crippen molar-refractivity contribution < 1.29 is 20.4 Å². The molecule has 0 aromatic rings. The minimum Gasteiger partial charge on any atom is -0.396 e. The van der Waals surface area contributed by atoms with Crippen LogP contribution in [0.2, 0.25) is 0 Å². The first-order valence-corrected chi connectivity index (χ1v) is 9.29. The summed E-state index contributed by atoms with van der Waals surface area (Å²) < 4.78 is 0. The summed E-state index contributed by atoms with van der Waals surface area (Å²) in [5.74, 6) is -1.32. The molecule has 1 aliphatic rings. The Morgan fingerprint density at radius 2 is 0.818 bits per heavy atom. The summed E-state index contributed by atoms with van der Waals surface area (Å²) in [7, 11) is 0. The van der Waals surface area contributed by atoms with Gasteiger partial charge in [-0.2, -0.15) is 0 Å². The average Bonchev–Trinajstić information content (AvgIpc) is 2.50. The van der Waals surface area contributed by atoms with Crippen molar-refractivity contribution in [2.45, 2.75) is 102 Å². The van der Waals surface area contributed by atoms with Gasteiger partial charge in [0, 0.05) is 26.1 Å². The van der Waals surface area contributed by atoms with Crippen LogP contribution in [0.5, 0.6) is 0 Å². The molecule has 4 N–H and O–H groups in total. The Morgan fingerprint density at radius 1 is 0.500 bits per heavy atom. The maximum Gasteiger partial charge on any atom is 0.162 e. The average molecular weight is 318 g/mol. The molecule has 4 heteroatoms. The molecule has 0 bridgehead atoms. The number of aliphatic hydroxyl groups excluding tert-OH is 2. The standard InChI is InChI=1S/C12H26O2.C6H12O2/c13-11-9-7-5-3-1-2-4-6-8-10-12-14;7-6(8)4-2-1-3-5-6/h13-14H,1-12H2;7-8H,1-5H2. The van der Waals surface area contributed by atoms with Crippen LogP contribution in [0.3, 0.4) is 0 Å². The van der Waals surface area contributed by atoms with E-state index in [1.807, 2.05) is 0 Å². The number of unbranched alkanes of at least 4 members (excludes halogenated alkanes) is 9. The molecule has 0 heterocycles. The quantitative estimate of drug-likeness (QED) is 0.347. The third-order valence-electron chi connectivity index (χ3n) is 4.22. The lowest BCUT2D eigenvalue weighted by molar-refractivity contribution is -0.180. The van der Waals surface area contributed by atoms with Crippen molar-refractivity contribution in [2.75, 3.05) is 13.2 Å². The van der Waals surface area contributed by atoms with Gasteiger partial charge in [0.1, 0.15) is 0 Å². The van der Waals surface area contributed by atoms with E-state index in [1.54, 1.807) is 0 Å². The van der Waals surface area contributed by atoms with Crippen LogP contribution in [0.25, 0.3) is 0 Å². The molecule has 0 spiro atoms. The van der Waals surface area contributed by atoms with Gasteiger partial charge in [0.25, 0.3) is 0 Å². The zero-order valence-corrected chi connectivity index (χ0v) is 14.3. The molecule has 22 heavy (non-hydrogen) atoms. The fraction of sp³-hybridized carbons (Fsp3) is 1.00. The molecule has 0 aliphatic heterocycles. The first-order chi connectivity index (χ1) is 10.6. The van der Waals surface area contributed by atoms with Gasteiger partial charge in [-0.25, -0.2) is 0 Å². The van der Waals surface area contributed by atoms with Gasteiger partial charge in [-0.1, -0.05) is 57.8 Å². The van der Waals surface area contributed by atoms with Crippen LogP contribution in [0, 0.1) is 0 Å². The minimum absolute atomic E-state index is 0.348. The molecule has 1 fully saturated rings. The van der Waals surface area contributed by atoms with E-state index in [2.05, 4.69) is 0 Å². The van der Waals surface area contributed by atoms with Gasteiger partial charge < -0.3 is 20.4 Å². The van der Waals surface area contributed by atoms with E-state index in [-0.39, 0.29) is 0 Å². The number of rotatable bonds is 11. The van der Waals surface area contributed by atoms with E-state index in [0.717, 1.165) is 32.1 Å². The van der Waals surface area contributed by atoms with Gasteiger partial charge in [0.2, 0.25) is 0 Å². The second-order valence-corrected chi connectivity index (χ2v) is 6.53. The Balaban J connectivity index is 0.000000461. The van der Waals surface area contributed by atoms with E-state index >= 15 is 0 Å². The maximum atomic E-state index is 8.93. The normalized spacial score (nSPS) is 16.9. The highest BCUT2D eigenvalue weighted by Crippen LogP contribution is 2.24.